The van der Waals surface area contributed by atoms with Gasteiger partial charge < -0.3 is 18.9 Å². The van der Waals surface area contributed by atoms with Crippen LogP contribution in [0.4, 0.5) is 30.7 Å². The number of morpholine rings is 1. The van der Waals surface area contributed by atoms with Crippen molar-refractivity contribution in [3.8, 4) is 0 Å². The molecule has 2 aromatic carbocycles. The van der Waals surface area contributed by atoms with E-state index in [4.69, 9.17) is 18.9 Å². The largest absolute Gasteiger partial charge is 0.462 e. The highest BCUT2D eigenvalue weighted by atomic mass is 31.2. The molecule has 0 saturated carbocycles. The highest BCUT2D eigenvalue weighted by Crippen LogP contribution is 2.42. The number of hydrogen-bond donors (Lipinski definition) is 2. The van der Waals surface area contributed by atoms with E-state index in [-0.39, 0.29) is 31.6 Å². The van der Waals surface area contributed by atoms with Gasteiger partial charge in [-0.3, -0.25) is 19.4 Å². The van der Waals surface area contributed by atoms with E-state index in [9.17, 15) is 44.9 Å². The molecule has 20 heteroatoms. The average Bonchev–Trinajstić information content (AvgIpc) is 3.40. The van der Waals surface area contributed by atoms with Crippen LogP contribution in [0.1, 0.15) is 67.9 Å². The molecule has 2 N–H and O–H groups in total. The van der Waals surface area contributed by atoms with Gasteiger partial charge in [-0.2, -0.15) is 35.8 Å². The summed E-state index contributed by atoms with van der Waals surface area (Å²) in [6.07, 6.45) is -13.8. The number of methoxy groups -OCH3 is 1. The van der Waals surface area contributed by atoms with Crippen molar-refractivity contribution in [3.05, 3.63) is 86.8 Å². The smallest absolute Gasteiger partial charge is 0.416 e. The minimum Gasteiger partial charge on any atom is -0.462 e. The van der Waals surface area contributed by atoms with Crippen molar-refractivity contribution < 1.29 is 59.0 Å². The van der Waals surface area contributed by atoms with Crippen molar-refractivity contribution in [1.82, 2.24) is 24.5 Å². The summed E-state index contributed by atoms with van der Waals surface area (Å²) in [5.74, 6) is -1.35. The predicted molar refractivity (Wildman–Crippen MR) is 167 cm³/mol. The lowest BCUT2D eigenvalue weighted by Crippen LogP contribution is -2.46. The Kier molecular flexibility index (Phi) is 12.6. The molecule has 0 radical (unpaired) electrons. The summed E-state index contributed by atoms with van der Waals surface area (Å²) < 4.78 is 132. The topological polar surface area (TPSA) is 137 Å². The van der Waals surface area contributed by atoms with Crippen LogP contribution in [0.25, 0.3) is 0 Å². The first-order chi connectivity index (χ1) is 23.7. The number of benzene rings is 2. The summed E-state index contributed by atoms with van der Waals surface area (Å²) in [5, 5.41) is 5.28. The van der Waals surface area contributed by atoms with Crippen LogP contribution in [0.2, 0.25) is 0 Å². The molecule has 0 amide bonds. The van der Waals surface area contributed by atoms with E-state index in [1.54, 1.807) is 18.7 Å². The molecule has 3 aromatic rings. The summed E-state index contributed by atoms with van der Waals surface area (Å²) in [7, 11) is -2.79. The fraction of sp³-hybridized carbons (Fsp3) is 0.516. The number of carbonyl (C=O) groups is 1. The van der Waals surface area contributed by atoms with E-state index in [0.717, 1.165) is 12.1 Å². The van der Waals surface area contributed by atoms with E-state index in [1.807, 2.05) is 0 Å². The molecule has 0 bridgehead atoms. The lowest BCUT2D eigenvalue weighted by atomic mass is 10.0. The van der Waals surface area contributed by atoms with Crippen LogP contribution in [-0.2, 0) is 47.2 Å². The van der Waals surface area contributed by atoms with E-state index >= 15 is 0 Å². The number of carbonyl (C=O) groups excluding carboxylic acids is 1. The lowest BCUT2D eigenvalue weighted by molar-refractivity contribution is -0.231. The van der Waals surface area contributed by atoms with Crippen LogP contribution < -0.4 is 10.8 Å². The molecule has 1 aliphatic rings. The third kappa shape index (κ3) is 10.0. The van der Waals surface area contributed by atoms with Crippen molar-refractivity contribution >= 4 is 13.4 Å². The second kappa shape index (κ2) is 16.0. The Balaban J connectivity index is 1.66. The number of nitrogens with zero attached hydrogens (tertiary/aromatic N) is 3. The highest BCUT2D eigenvalue weighted by Gasteiger charge is 2.40. The summed E-state index contributed by atoms with van der Waals surface area (Å²) in [6, 6.07) is 4.10. The Hall–Kier alpha value is -3.61. The molecule has 51 heavy (non-hydrogen) atoms. The first-order valence-electron chi connectivity index (χ1n) is 15.5. The van der Waals surface area contributed by atoms with Gasteiger partial charge in [-0.1, -0.05) is 12.1 Å². The summed E-state index contributed by atoms with van der Waals surface area (Å²) >= 11 is 0. The van der Waals surface area contributed by atoms with Crippen LogP contribution in [0.15, 0.2) is 47.3 Å². The Bertz CT molecular complexity index is 1730. The number of ether oxygens (including phenoxy) is 4. The molecular formula is C31H37F7N5O7P. The highest BCUT2D eigenvalue weighted by molar-refractivity contribution is 7.60. The molecular weight excluding hydrogens is 718 g/mol. The number of halogens is 7. The monoisotopic (exact) mass is 755 g/mol. The quantitative estimate of drug-likeness (QED) is 0.122. The van der Waals surface area contributed by atoms with Gasteiger partial charge in [0.2, 0.25) is 0 Å². The molecule has 4 rings (SSSR count). The van der Waals surface area contributed by atoms with E-state index < -0.39 is 90.9 Å². The molecule has 12 nitrogen and oxygen atoms in total. The molecule has 0 spiro atoms. The maximum absolute atomic E-state index is 14.0. The van der Waals surface area contributed by atoms with Gasteiger partial charge >= 0.3 is 24.0 Å². The normalized spacial score (nSPS) is 19.9. The minimum atomic E-state index is -5.08. The van der Waals surface area contributed by atoms with Gasteiger partial charge in [-0.15, -0.1) is 0 Å². The van der Waals surface area contributed by atoms with E-state index in [2.05, 4.69) is 15.2 Å². The third-order valence-corrected chi connectivity index (χ3v) is 9.98. The van der Waals surface area contributed by atoms with Crippen LogP contribution in [0.3, 0.4) is 0 Å². The molecule has 0 aliphatic carbocycles. The van der Waals surface area contributed by atoms with Crippen molar-refractivity contribution in [2.24, 2.45) is 0 Å². The number of alkyl halides is 6. The van der Waals surface area contributed by atoms with Gasteiger partial charge in [0, 0.05) is 13.7 Å². The number of aromatic nitrogens is 3. The average molecular weight is 756 g/mol. The minimum absolute atomic E-state index is 0.00921. The van der Waals surface area contributed by atoms with Gasteiger partial charge in [0.1, 0.15) is 24.0 Å². The Labute approximate surface area is 287 Å². The third-order valence-electron chi connectivity index (χ3n) is 7.67. The summed E-state index contributed by atoms with van der Waals surface area (Å²) in [6.45, 7) is 5.82. The number of H-pyrrole nitrogens is 1. The molecule has 5 atom stereocenters. The van der Waals surface area contributed by atoms with Crippen LogP contribution in [-0.4, -0.2) is 70.4 Å². The molecule has 1 saturated heterocycles. The van der Waals surface area contributed by atoms with Gasteiger partial charge in [0.15, 0.2) is 6.29 Å². The van der Waals surface area contributed by atoms with Crippen LogP contribution in [0, 0.1) is 5.82 Å². The number of esters is 1. The fourth-order valence-electron chi connectivity index (χ4n) is 5.36. The lowest BCUT2D eigenvalue weighted by Gasteiger charge is -2.41. The second-order valence-corrected chi connectivity index (χ2v) is 14.4. The van der Waals surface area contributed by atoms with Gasteiger partial charge in [-0.25, -0.2) is 14.3 Å². The molecule has 2 heterocycles. The van der Waals surface area contributed by atoms with Gasteiger partial charge in [-0.05, 0) is 69.2 Å². The van der Waals surface area contributed by atoms with Gasteiger partial charge in [0.05, 0.1) is 42.5 Å². The first-order valence-corrected chi connectivity index (χ1v) is 17.4. The van der Waals surface area contributed by atoms with Gasteiger partial charge in [0.25, 0.3) is 7.44 Å². The van der Waals surface area contributed by atoms with Crippen molar-refractivity contribution in [1.29, 1.82) is 0 Å². The predicted octanol–water partition coefficient (Wildman–Crippen LogP) is 6.00. The van der Waals surface area contributed by atoms with E-state index in [0.29, 0.717) is 22.1 Å². The fourth-order valence-corrected chi connectivity index (χ4v) is 7.32. The van der Waals surface area contributed by atoms with Crippen molar-refractivity contribution in [3.63, 3.8) is 0 Å². The zero-order valence-corrected chi connectivity index (χ0v) is 28.9. The van der Waals surface area contributed by atoms with Crippen LogP contribution in [0.5, 0.6) is 0 Å². The maximum Gasteiger partial charge on any atom is 0.416 e. The molecule has 282 valence electrons. The zero-order valence-electron chi connectivity index (χ0n) is 28.0. The second-order valence-electron chi connectivity index (χ2n) is 12.0. The zero-order chi connectivity index (χ0) is 37.9. The summed E-state index contributed by atoms with van der Waals surface area (Å²) in [5.41, 5.74) is -4.06. The number of rotatable bonds is 13. The number of nitrogens with one attached hydrogen (secondary N) is 2. The summed E-state index contributed by atoms with van der Waals surface area (Å²) in [4.78, 5) is 31.1. The van der Waals surface area contributed by atoms with Crippen molar-refractivity contribution in [2.45, 2.75) is 77.2 Å². The first kappa shape index (κ1) is 40.2. The standard InChI is InChI=1S/C31H37F7N5O7P/c1-17(2)49-27(44)18(3)41-51(46,16-47-5)43-29(45)39-25(40-43)15-42-10-11-48-28(26(42)20-6-8-24(32)9-7-20)50-19(4)21-12-22(30(33,34)35)14-23(13-21)31(36,37)38/h6-9,12-14,17-19,26,28H,10-11,15-16H2,1-5H3,(H,41,46)(H,39,40,45)/t18-,19+,26-,28+,51?/m0/s1. The Morgan fingerprint density at radius 2 is 1.67 bits per heavy atom. The van der Waals surface area contributed by atoms with Crippen LogP contribution >= 0.6 is 7.44 Å². The Morgan fingerprint density at radius 1 is 1.06 bits per heavy atom. The molecule has 1 aromatic heterocycles. The molecule has 1 fully saturated rings. The van der Waals surface area contributed by atoms with Crippen molar-refractivity contribution in [2.75, 3.05) is 26.6 Å². The number of aromatic amines is 1. The molecule has 1 aliphatic heterocycles. The number of hydrogen-bond acceptors (Lipinski definition) is 9. The Morgan fingerprint density at radius 3 is 2.22 bits per heavy atom. The SMILES string of the molecule is COCP(=O)(N[C@@H](C)C(=O)OC(C)C)n1[nH]c(CN2CCO[C@H](O[C@H](C)c3cc(C(F)(F)F)cc(C(F)(F)F)c3)[C@@H]2c2ccc(F)cc2)nc1=O. The molecule has 1 unspecified atom stereocenters. The maximum atomic E-state index is 14.0. The van der Waals surface area contributed by atoms with E-state index in [1.165, 1.54) is 33.1 Å².